The molecule has 0 spiro atoms. The largest absolute Gasteiger partial charge is 0.494 e. The molecule has 0 fully saturated rings. The number of hydrogen-bond acceptors (Lipinski definition) is 5. The van der Waals surface area contributed by atoms with E-state index >= 15 is 0 Å². The SMILES string of the molecule is COc1ccc(C)c2sc(N(CC[NH+](C)C)C(=O)c3cccc(SC)c3)nc12. The predicted octanol–water partition coefficient (Wildman–Crippen LogP) is 3.13. The van der Waals surface area contributed by atoms with Crippen LogP contribution < -0.4 is 14.5 Å². The van der Waals surface area contributed by atoms with E-state index in [1.165, 1.54) is 4.90 Å². The van der Waals surface area contributed by atoms with Gasteiger partial charge in [0.15, 0.2) is 5.13 Å². The molecular weight excluding hydrogens is 390 g/mol. The normalized spacial score (nSPS) is 11.2. The molecule has 1 aromatic heterocycles. The Kier molecular flexibility index (Phi) is 6.59. The molecule has 0 atom stereocenters. The predicted molar refractivity (Wildman–Crippen MR) is 118 cm³/mol. The van der Waals surface area contributed by atoms with E-state index in [4.69, 9.17) is 9.72 Å². The van der Waals surface area contributed by atoms with Gasteiger partial charge in [0, 0.05) is 10.5 Å². The highest BCUT2D eigenvalue weighted by Crippen LogP contribution is 2.36. The number of carbonyl (C=O) groups excluding carboxylic acids is 1. The highest BCUT2D eigenvalue weighted by Gasteiger charge is 2.23. The number of fused-ring (bicyclic) bond motifs is 1. The molecule has 5 nitrogen and oxygen atoms in total. The van der Waals surface area contributed by atoms with Crippen molar-refractivity contribution in [2.75, 3.05) is 45.5 Å². The zero-order valence-corrected chi connectivity index (χ0v) is 18.5. The summed E-state index contributed by atoms with van der Waals surface area (Å²) in [6.45, 7) is 3.49. The fraction of sp³-hybridized carbons (Fsp3) is 0.333. The Labute approximate surface area is 174 Å². The fourth-order valence-electron chi connectivity index (χ4n) is 2.91. The van der Waals surface area contributed by atoms with Gasteiger partial charge in [-0.15, -0.1) is 11.8 Å². The number of quaternary nitrogens is 1. The average Bonchev–Trinajstić information content (AvgIpc) is 3.14. The van der Waals surface area contributed by atoms with Gasteiger partial charge in [-0.1, -0.05) is 23.5 Å². The van der Waals surface area contributed by atoms with Crippen LogP contribution in [0.15, 0.2) is 41.3 Å². The molecule has 28 heavy (non-hydrogen) atoms. The van der Waals surface area contributed by atoms with Crippen LogP contribution in [0.2, 0.25) is 0 Å². The van der Waals surface area contributed by atoms with Crippen LogP contribution in [0.1, 0.15) is 15.9 Å². The van der Waals surface area contributed by atoms with Crippen molar-refractivity contribution in [3.8, 4) is 5.75 Å². The summed E-state index contributed by atoms with van der Waals surface area (Å²) in [7, 11) is 5.82. The molecule has 1 amide bonds. The smallest absolute Gasteiger partial charge is 0.260 e. The van der Waals surface area contributed by atoms with Gasteiger partial charge in [0.05, 0.1) is 39.0 Å². The Morgan fingerprint density at radius 2 is 2.07 bits per heavy atom. The van der Waals surface area contributed by atoms with Crippen molar-refractivity contribution in [3.05, 3.63) is 47.5 Å². The van der Waals surface area contributed by atoms with Gasteiger partial charge in [0.1, 0.15) is 11.3 Å². The lowest BCUT2D eigenvalue weighted by molar-refractivity contribution is -0.856. The molecule has 7 heteroatoms. The number of nitrogens with zero attached hydrogens (tertiary/aromatic N) is 2. The number of hydrogen-bond donors (Lipinski definition) is 1. The number of amides is 1. The van der Waals surface area contributed by atoms with Crippen LogP contribution >= 0.6 is 23.1 Å². The van der Waals surface area contributed by atoms with E-state index in [-0.39, 0.29) is 5.91 Å². The van der Waals surface area contributed by atoms with E-state index in [0.717, 1.165) is 33.0 Å². The van der Waals surface area contributed by atoms with Gasteiger partial charge in [-0.05, 0) is 43.0 Å². The van der Waals surface area contributed by atoms with Crippen LogP contribution in [0.5, 0.6) is 5.75 Å². The van der Waals surface area contributed by atoms with Gasteiger partial charge in [0.2, 0.25) is 0 Å². The van der Waals surface area contributed by atoms with E-state index in [2.05, 4.69) is 21.0 Å². The lowest BCUT2D eigenvalue weighted by Gasteiger charge is -2.21. The third kappa shape index (κ3) is 4.32. The molecule has 0 unspecified atom stereocenters. The maximum Gasteiger partial charge on any atom is 0.260 e. The molecular formula is C21H26N3O2S2+. The molecule has 148 valence electrons. The van der Waals surface area contributed by atoms with Crippen molar-refractivity contribution >= 4 is 44.4 Å². The first-order valence-corrected chi connectivity index (χ1v) is 11.2. The quantitative estimate of drug-likeness (QED) is 0.601. The Hall–Kier alpha value is -2.09. The number of nitrogens with one attached hydrogen (secondary N) is 1. The molecule has 0 aliphatic carbocycles. The van der Waals surface area contributed by atoms with E-state index in [9.17, 15) is 4.79 Å². The van der Waals surface area contributed by atoms with Crippen LogP contribution in [0.4, 0.5) is 5.13 Å². The topological polar surface area (TPSA) is 46.9 Å². The minimum atomic E-state index is -0.0205. The summed E-state index contributed by atoms with van der Waals surface area (Å²) in [5.41, 5.74) is 2.63. The van der Waals surface area contributed by atoms with Gasteiger partial charge in [-0.25, -0.2) is 4.98 Å². The minimum Gasteiger partial charge on any atom is -0.494 e. The molecule has 1 N–H and O–H groups in total. The zero-order valence-electron chi connectivity index (χ0n) is 16.9. The number of methoxy groups -OCH3 is 1. The first-order chi connectivity index (χ1) is 13.4. The van der Waals surface area contributed by atoms with Crippen LogP contribution in [0.3, 0.4) is 0 Å². The number of aryl methyl sites for hydroxylation is 1. The second-order valence-electron chi connectivity index (χ2n) is 6.90. The number of aromatic nitrogens is 1. The molecule has 3 aromatic rings. The summed E-state index contributed by atoms with van der Waals surface area (Å²) in [6, 6.07) is 11.7. The van der Waals surface area contributed by atoms with Crippen LogP contribution in [-0.4, -0.2) is 51.4 Å². The van der Waals surface area contributed by atoms with Gasteiger partial charge < -0.3 is 9.64 Å². The number of thiazole rings is 1. The van der Waals surface area contributed by atoms with Crippen molar-refractivity contribution < 1.29 is 14.4 Å². The number of likely N-dealkylation sites (N-methyl/N-ethyl adjacent to an activating group) is 1. The highest BCUT2D eigenvalue weighted by molar-refractivity contribution is 7.98. The van der Waals surface area contributed by atoms with Gasteiger partial charge in [-0.3, -0.25) is 9.69 Å². The first kappa shape index (κ1) is 20.6. The molecule has 1 heterocycles. The first-order valence-electron chi connectivity index (χ1n) is 9.13. The number of carbonyl (C=O) groups is 1. The van der Waals surface area contributed by atoms with Crippen molar-refractivity contribution in [2.24, 2.45) is 0 Å². The summed E-state index contributed by atoms with van der Waals surface area (Å²) in [5, 5.41) is 0.711. The Balaban J connectivity index is 2.05. The molecule has 0 saturated heterocycles. The lowest BCUT2D eigenvalue weighted by Crippen LogP contribution is -3.06. The van der Waals surface area contributed by atoms with Gasteiger partial charge in [0.25, 0.3) is 5.91 Å². The standard InChI is InChI=1S/C21H25N3O2S2/c1-14-9-10-17(26-4)18-19(14)28-21(22-18)24(12-11-23(2)3)20(25)15-7-6-8-16(13-15)27-5/h6-10,13H,11-12H2,1-5H3/p+1. The number of thioether (sulfide) groups is 1. The zero-order chi connectivity index (χ0) is 20.3. The average molecular weight is 417 g/mol. The number of rotatable bonds is 7. The molecule has 0 saturated carbocycles. The van der Waals surface area contributed by atoms with E-state index in [1.54, 1.807) is 35.1 Å². The maximum atomic E-state index is 13.4. The molecule has 3 rings (SSSR count). The van der Waals surface area contributed by atoms with Crippen molar-refractivity contribution in [2.45, 2.75) is 11.8 Å². The lowest BCUT2D eigenvalue weighted by atomic mass is 10.2. The molecule has 2 aromatic carbocycles. The number of ether oxygens (including phenoxy) is 1. The summed E-state index contributed by atoms with van der Waals surface area (Å²) in [6.07, 6.45) is 2.01. The van der Waals surface area contributed by atoms with Crippen molar-refractivity contribution in [1.82, 2.24) is 4.98 Å². The van der Waals surface area contributed by atoms with Gasteiger partial charge in [-0.2, -0.15) is 0 Å². The third-order valence-electron chi connectivity index (χ3n) is 4.54. The molecule has 0 radical (unpaired) electrons. The summed E-state index contributed by atoms with van der Waals surface area (Å²) >= 11 is 3.18. The number of anilines is 1. The summed E-state index contributed by atoms with van der Waals surface area (Å²) < 4.78 is 6.54. The fourth-order valence-corrected chi connectivity index (χ4v) is 4.45. The summed E-state index contributed by atoms with van der Waals surface area (Å²) in [4.78, 5) is 22.3. The van der Waals surface area contributed by atoms with Gasteiger partial charge >= 0.3 is 0 Å². The second kappa shape index (κ2) is 8.94. The van der Waals surface area contributed by atoms with Crippen molar-refractivity contribution in [3.63, 3.8) is 0 Å². The van der Waals surface area contributed by atoms with Crippen molar-refractivity contribution in [1.29, 1.82) is 0 Å². The second-order valence-corrected chi connectivity index (χ2v) is 8.76. The third-order valence-corrected chi connectivity index (χ3v) is 6.48. The maximum absolute atomic E-state index is 13.4. The van der Waals surface area contributed by atoms with E-state index < -0.39 is 0 Å². The Bertz CT molecular complexity index is 985. The van der Waals surface area contributed by atoms with Crippen LogP contribution in [0.25, 0.3) is 10.2 Å². The summed E-state index contributed by atoms with van der Waals surface area (Å²) in [5.74, 6) is 0.714. The van der Waals surface area contributed by atoms with Crippen LogP contribution in [0, 0.1) is 6.92 Å². The van der Waals surface area contributed by atoms with Crippen LogP contribution in [-0.2, 0) is 0 Å². The monoisotopic (exact) mass is 416 g/mol. The van der Waals surface area contributed by atoms with E-state index in [1.807, 2.05) is 42.7 Å². The highest BCUT2D eigenvalue weighted by atomic mass is 32.2. The Morgan fingerprint density at radius 1 is 1.29 bits per heavy atom. The number of benzene rings is 2. The molecule has 0 aliphatic rings. The Morgan fingerprint density at radius 3 is 2.75 bits per heavy atom. The molecule has 0 aliphatic heterocycles. The van der Waals surface area contributed by atoms with E-state index in [0.29, 0.717) is 17.2 Å². The minimum absolute atomic E-state index is 0.0205. The molecule has 0 bridgehead atoms.